The molecule has 0 radical (unpaired) electrons. The lowest BCUT2D eigenvalue weighted by atomic mass is 9.96. The molecule has 0 spiro atoms. The number of aliphatic hydroxyl groups excluding tert-OH is 11. The van der Waals surface area contributed by atoms with Gasteiger partial charge in [-0.25, -0.2) is 0 Å². The van der Waals surface area contributed by atoms with Gasteiger partial charge in [0.15, 0.2) is 18.9 Å². The zero-order chi connectivity index (χ0) is 72.5. The molecule has 0 saturated carbocycles. The highest BCUT2D eigenvalue weighted by Gasteiger charge is 2.54. The number of hydrogen-bond acceptors (Lipinski definition) is 18. The maximum Gasteiger partial charge on any atom is 0.220 e. The van der Waals surface area contributed by atoms with E-state index in [2.05, 4.69) is 43.5 Å². The lowest BCUT2D eigenvalue weighted by Gasteiger charge is -2.48. The molecule has 0 aromatic heterocycles. The number of aliphatic hydroxyl groups is 11. The van der Waals surface area contributed by atoms with Crippen LogP contribution in [0.4, 0.5) is 0 Å². The second-order valence-electron chi connectivity index (χ2n) is 29.6. The number of ether oxygens (including phenoxy) is 6. The second kappa shape index (κ2) is 62.1. The van der Waals surface area contributed by atoms with Crippen molar-refractivity contribution in [3.8, 4) is 0 Å². The van der Waals surface area contributed by atoms with Gasteiger partial charge in [-0.2, -0.15) is 0 Å². The largest absolute Gasteiger partial charge is 0.394 e. The monoisotopic (exact) mass is 1430 g/mol. The Hall–Kier alpha value is -1.99. The summed E-state index contributed by atoms with van der Waals surface area (Å²) in [6.07, 6.45) is 50.1. The number of rotatable bonds is 66. The maximum absolute atomic E-state index is 13.5. The van der Waals surface area contributed by atoms with Gasteiger partial charge in [0.2, 0.25) is 5.91 Å². The van der Waals surface area contributed by atoms with E-state index in [0.29, 0.717) is 12.8 Å². The summed E-state index contributed by atoms with van der Waals surface area (Å²) in [7, 11) is 0. The van der Waals surface area contributed by atoms with Crippen molar-refractivity contribution in [1.29, 1.82) is 0 Å². The third-order valence-electron chi connectivity index (χ3n) is 20.7. The SMILES string of the molecule is CCCCCCCCCCCCCC/C=C/CC/C=C/CC/C=C/C(O)C(COC1OC(CO)C(OC2OC(CO)C(OC3OC(CO)C(O)C(O)C3O)C(O)C2O)C(O)C1O)NC(=O)CCCCCCCCCCCCCCCCCCCCCCCCCCCCCCCCCCC. The predicted octanol–water partition coefficient (Wildman–Crippen LogP) is 13.9. The minimum Gasteiger partial charge on any atom is -0.394 e. The van der Waals surface area contributed by atoms with Crippen LogP contribution in [-0.4, -0.2) is 193 Å². The Balaban J connectivity index is 1.36. The van der Waals surface area contributed by atoms with Gasteiger partial charge in [-0.15, -0.1) is 0 Å². The van der Waals surface area contributed by atoms with Crippen LogP contribution in [0, 0.1) is 0 Å². The molecule has 0 aliphatic carbocycles. The Morgan fingerprint density at radius 2 is 0.640 bits per heavy atom. The number of hydrogen-bond donors (Lipinski definition) is 12. The van der Waals surface area contributed by atoms with E-state index in [9.17, 15) is 61.0 Å². The number of unbranched alkanes of at least 4 members (excludes halogenated alkanes) is 46. The van der Waals surface area contributed by atoms with Crippen molar-refractivity contribution in [2.45, 2.75) is 446 Å². The van der Waals surface area contributed by atoms with Crippen LogP contribution in [0.2, 0.25) is 0 Å². The molecule has 0 aromatic carbocycles. The fraction of sp³-hybridized carbons (Fsp3) is 0.914. The first-order valence-corrected chi connectivity index (χ1v) is 41.2. The van der Waals surface area contributed by atoms with Crippen molar-refractivity contribution in [3.63, 3.8) is 0 Å². The Bertz CT molecular complexity index is 1950. The number of carbonyl (C=O) groups excluding carboxylic acids is 1. The van der Waals surface area contributed by atoms with Gasteiger partial charge in [0.25, 0.3) is 0 Å². The first kappa shape index (κ1) is 92.2. The zero-order valence-corrected chi connectivity index (χ0v) is 62.9. The van der Waals surface area contributed by atoms with Crippen molar-refractivity contribution in [2.24, 2.45) is 0 Å². The van der Waals surface area contributed by atoms with Gasteiger partial charge >= 0.3 is 0 Å². The average molecular weight is 1430 g/mol. The molecule has 0 bridgehead atoms. The molecule has 19 heteroatoms. The van der Waals surface area contributed by atoms with E-state index in [0.717, 1.165) is 44.9 Å². The number of carbonyl (C=O) groups is 1. The predicted molar refractivity (Wildman–Crippen MR) is 397 cm³/mol. The molecule has 588 valence electrons. The first-order chi connectivity index (χ1) is 48.8. The third-order valence-corrected chi connectivity index (χ3v) is 20.7. The van der Waals surface area contributed by atoms with Crippen LogP contribution in [0.1, 0.15) is 341 Å². The summed E-state index contributed by atoms with van der Waals surface area (Å²) in [5, 5.41) is 121. The van der Waals surface area contributed by atoms with Crippen molar-refractivity contribution in [3.05, 3.63) is 36.5 Å². The zero-order valence-electron chi connectivity index (χ0n) is 62.9. The summed E-state index contributed by atoms with van der Waals surface area (Å²) in [6, 6.07) is -0.996. The van der Waals surface area contributed by atoms with E-state index in [1.807, 2.05) is 6.08 Å². The van der Waals surface area contributed by atoms with Gasteiger partial charge in [-0.3, -0.25) is 4.79 Å². The molecule has 17 unspecified atom stereocenters. The Morgan fingerprint density at radius 1 is 0.350 bits per heavy atom. The smallest absolute Gasteiger partial charge is 0.220 e. The van der Waals surface area contributed by atoms with E-state index in [1.54, 1.807) is 6.08 Å². The summed E-state index contributed by atoms with van der Waals surface area (Å²) >= 11 is 0. The summed E-state index contributed by atoms with van der Waals surface area (Å²) < 4.78 is 34.4. The lowest BCUT2D eigenvalue weighted by Crippen LogP contribution is -2.66. The van der Waals surface area contributed by atoms with Crippen molar-refractivity contribution >= 4 is 5.91 Å². The van der Waals surface area contributed by atoms with Gasteiger partial charge in [0.05, 0.1) is 38.6 Å². The van der Waals surface area contributed by atoms with Crippen LogP contribution in [0.25, 0.3) is 0 Å². The van der Waals surface area contributed by atoms with Crippen molar-refractivity contribution < 1.29 is 89.4 Å². The normalized spacial score (nSPS) is 26.6. The molecule has 0 aromatic rings. The Labute approximate surface area is 606 Å². The second-order valence-corrected chi connectivity index (χ2v) is 29.6. The highest BCUT2D eigenvalue weighted by Crippen LogP contribution is 2.33. The molecule has 3 aliphatic rings. The number of amides is 1. The topological polar surface area (TPSA) is 307 Å². The van der Waals surface area contributed by atoms with Gasteiger partial charge in [0.1, 0.15) is 73.2 Å². The lowest BCUT2D eigenvalue weighted by molar-refractivity contribution is -0.379. The molecule has 19 nitrogen and oxygen atoms in total. The fourth-order valence-corrected chi connectivity index (χ4v) is 14.1. The third kappa shape index (κ3) is 41.8. The fourth-order valence-electron chi connectivity index (χ4n) is 14.1. The standard InChI is InChI=1S/C81H151NO18/c1-3-5-7-9-11-13-15-17-19-21-23-25-27-28-29-30-31-32-33-34-35-36-37-39-41-43-45-47-49-51-53-55-57-59-69(87)82-64(65(86)58-56-54-52-50-48-46-44-42-40-38-26-24-22-20-18-16-14-12-10-8-6-4-2)63-95-79-75(93)72(90)77(67(61-84)97-79)100-81-76(94)73(91)78(68(62-85)98-81)99-80-74(92)71(89)70(88)66(60-83)96-80/h40,42,48,50,56,58,64-68,70-81,83-86,88-94H,3-39,41,43-47,49,51-55,57,59-63H2,1-2H3,(H,82,87)/b42-40+,50-48+,58-56+. The Morgan fingerprint density at radius 3 is 1.00 bits per heavy atom. The van der Waals surface area contributed by atoms with E-state index >= 15 is 0 Å². The molecule has 12 N–H and O–H groups in total. The van der Waals surface area contributed by atoms with Crippen LogP contribution in [0.15, 0.2) is 36.5 Å². The first-order valence-electron chi connectivity index (χ1n) is 41.2. The van der Waals surface area contributed by atoms with Gasteiger partial charge in [-0.05, 0) is 44.9 Å². The van der Waals surface area contributed by atoms with Crippen molar-refractivity contribution in [2.75, 3.05) is 26.4 Å². The molecule has 3 heterocycles. The molecule has 3 aliphatic heterocycles. The summed E-state index contributed by atoms with van der Waals surface area (Å²) in [6.45, 7) is 1.76. The molecular weight excluding hydrogens is 1270 g/mol. The molecule has 100 heavy (non-hydrogen) atoms. The van der Waals surface area contributed by atoms with Crippen LogP contribution in [0.3, 0.4) is 0 Å². The number of allylic oxidation sites excluding steroid dienone is 5. The van der Waals surface area contributed by atoms with Crippen LogP contribution >= 0.6 is 0 Å². The minimum absolute atomic E-state index is 0.236. The van der Waals surface area contributed by atoms with E-state index in [-0.39, 0.29) is 18.9 Å². The van der Waals surface area contributed by atoms with E-state index in [1.165, 1.54) is 263 Å². The molecule has 1 amide bonds. The van der Waals surface area contributed by atoms with Crippen LogP contribution in [0.5, 0.6) is 0 Å². The summed E-state index contributed by atoms with van der Waals surface area (Å²) in [4.78, 5) is 13.5. The van der Waals surface area contributed by atoms with Crippen LogP contribution < -0.4 is 5.32 Å². The van der Waals surface area contributed by atoms with Gasteiger partial charge in [0, 0.05) is 6.42 Å². The van der Waals surface area contributed by atoms with Gasteiger partial charge < -0.3 is 89.9 Å². The Kier molecular flexibility index (Phi) is 57.3. The highest BCUT2D eigenvalue weighted by atomic mass is 16.8. The summed E-state index contributed by atoms with van der Waals surface area (Å²) in [5.74, 6) is -0.282. The van der Waals surface area contributed by atoms with Crippen molar-refractivity contribution in [1.82, 2.24) is 5.32 Å². The maximum atomic E-state index is 13.5. The highest BCUT2D eigenvalue weighted by molar-refractivity contribution is 5.76. The molecule has 3 rings (SSSR count). The average Bonchev–Trinajstić information content (AvgIpc) is 0.783. The van der Waals surface area contributed by atoms with Gasteiger partial charge in [-0.1, -0.05) is 326 Å². The van der Waals surface area contributed by atoms with E-state index < -0.39 is 124 Å². The molecule has 3 fully saturated rings. The molecule has 3 saturated heterocycles. The van der Waals surface area contributed by atoms with E-state index in [4.69, 9.17) is 28.4 Å². The summed E-state index contributed by atoms with van der Waals surface area (Å²) in [5.41, 5.74) is 0. The molecule has 17 atom stereocenters. The minimum atomic E-state index is -1.98. The number of nitrogens with one attached hydrogen (secondary N) is 1. The van der Waals surface area contributed by atoms with Crippen LogP contribution in [-0.2, 0) is 33.2 Å². The molecular formula is C81H151NO18. The quantitative estimate of drug-likeness (QED) is 0.0199.